The minimum atomic E-state index is 0.267. The highest BCUT2D eigenvalue weighted by Crippen LogP contribution is 2.33. The van der Waals surface area contributed by atoms with Crippen LogP contribution in [0.3, 0.4) is 0 Å². The van der Waals surface area contributed by atoms with Crippen molar-refractivity contribution in [1.29, 1.82) is 0 Å². The summed E-state index contributed by atoms with van der Waals surface area (Å²) in [5, 5.41) is 10.6. The molecule has 0 radical (unpaired) electrons. The molecule has 0 bridgehead atoms. The van der Waals surface area contributed by atoms with E-state index in [2.05, 4.69) is 11.9 Å². The lowest BCUT2D eigenvalue weighted by Crippen LogP contribution is -2.07. The van der Waals surface area contributed by atoms with Crippen LogP contribution in [0.25, 0.3) is 10.6 Å². The van der Waals surface area contributed by atoms with Gasteiger partial charge < -0.3 is 10.8 Å². The Morgan fingerprint density at radius 3 is 2.88 bits per heavy atom. The van der Waals surface area contributed by atoms with Gasteiger partial charge in [0.15, 0.2) is 0 Å². The van der Waals surface area contributed by atoms with Crippen LogP contribution in [0.4, 0.5) is 0 Å². The first kappa shape index (κ1) is 11.1. The third-order valence-corrected chi connectivity index (χ3v) is 3.76. The molecule has 0 aliphatic carbocycles. The zero-order chi connectivity index (χ0) is 11.5. The molecule has 3 nitrogen and oxygen atoms in total. The number of aromatic hydroxyl groups is 1. The minimum absolute atomic E-state index is 0.267. The molecule has 1 aromatic carbocycles. The molecule has 0 amide bonds. The number of rotatable bonds is 3. The Morgan fingerprint density at radius 2 is 2.19 bits per heavy atom. The third-order valence-electron chi connectivity index (χ3n) is 2.50. The average molecular weight is 234 g/mol. The normalized spacial score (nSPS) is 12.6. The molecule has 16 heavy (non-hydrogen) atoms. The summed E-state index contributed by atoms with van der Waals surface area (Å²) in [4.78, 5) is 5.47. The number of nitrogens with two attached hydrogens (primary N) is 1. The van der Waals surface area contributed by atoms with Crippen LogP contribution in [0.5, 0.6) is 5.75 Å². The lowest BCUT2D eigenvalue weighted by atomic mass is 10.2. The number of nitrogens with zero attached hydrogens (tertiary/aromatic N) is 1. The third kappa shape index (κ3) is 2.08. The molecule has 2 rings (SSSR count). The van der Waals surface area contributed by atoms with E-state index in [1.54, 1.807) is 23.5 Å². The molecule has 0 aliphatic heterocycles. The van der Waals surface area contributed by atoms with E-state index in [0.717, 1.165) is 15.4 Å². The Bertz CT molecular complexity index is 481. The zero-order valence-corrected chi connectivity index (χ0v) is 9.87. The summed E-state index contributed by atoms with van der Waals surface area (Å²) >= 11 is 1.58. The molecule has 84 valence electrons. The predicted molar refractivity (Wildman–Crippen MR) is 66.7 cm³/mol. The predicted octanol–water partition coefficient (Wildman–Crippen LogP) is 2.58. The number of para-hydroxylation sites is 1. The second-order valence-electron chi connectivity index (χ2n) is 3.72. The molecule has 0 aliphatic rings. The van der Waals surface area contributed by atoms with Crippen molar-refractivity contribution >= 4 is 11.3 Å². The van der Waals surface area contributed by atoms with Gasteiger partial charge >= 0.3 is 0 Å². The van der Waals surface area contributed by atoms with Crippen LogP contribution in [0, 0.1) is 0 Å². The first-order chi connectivity index (χ1) is 7.72. The molecule has 0 fully saturated rings. The topological polar surface area (TPSA) is 59.1 Å². The number of hydrogen-bond donors (Lipinski definition) is 2. The second kappa shape index (κ2) is 4.63. The number of aromatic nitrogens is 1. The van der Waals surface area contributed by atoms with E-state index in [0.29, 0.717) is 12.5 Å². The standard InChI is InChI=1S/C12H14N2OS/c1-8(6-13)11-7-14-12(16-11)9-4-2-3-5-10(9)15/h2-5,7-8,15H,6,13H2,1H3. The van der Waals surface area contributed by atoms with Crippen molar-refractivity contribution < 1.29 is 5.11 Å². The summed E-state index contributed by atoms with van der Waals surface area (Å²) in [6.07, 6.45) is 1.84. The van der Waals surface area contributed by atoms with Crippen molar-refractivity contribution in [2.24, 2.45) is 5.73 Å². The van der Waals surface area contributed by atoms with Gasteiger partial charge in [-0.05, 0) is 18.7 Å². The van der Waals surface area contributed by atoms with Gasteiger partial charge in [0.05, 0.1) is 5.56 Å². The fourth-order valence-corrected chi connectivity index (χ4v) is 2.42. The highest BCUT2D eigenvalue weighted by molar-refractivity contribution is 7.15. The fraction of sp³-hybridized carbons (Fsp3) is 0.250. The van der Waals surface area contributed by atoms with Gasteiger partial charge in [-0.1, -0.05) is 19.1 Å². The largest absolute Gasteiger partial charge is 0.507 e. The van der Waals surface area contributed by atoms with Crippen molar-refractivity contribution in [1.82, 2.24) is 4.98 Å². The zero-order valence-electron chi connectivity index (χ0n) is 9.05. The summed E-state index contributed by atoms with van der Waals surface area (Å²) in [6, 6.07) is 7.23. The van der Waals surface area contributed by atoms with Crippen LogP contribution in [0.1, 0.15) is 17.7 Å². The lowest BCUT2D eigenvalue weighted by molar-refractivity contribution is 0.477. The van der Waals surface area contributed by atoms with Gasteiger partial charge in [-0.3, -0.25) is 0 Å². The van der Waals surface area contributed by atoms with Crippen LogP contribution < -0.4 is 5.73 Å². The van der Waals surface area contributed by atoms with E-state index in [4.69, 9.17) is 5.73 Å². The molecule has 1 aromatic heterocycles. The van der Waals surface area contributed by atoms with Crippen molar-refractivity contribution in [3.63, 3.8) is 0 Å². The number of thiazole rings is 1. The SMILES string of the molecule is CC(CN)c1cnc(-c2ccccc2O)s1. The maximum Gasteiger partial charge on any atom is 0.127 e. The maximum absolute atomic E-state index is 9.71. The van der Waals surface area contributed by atoms with Gasteiger partial charge in [0.25, 0.3) is 0 Å². The highest BCUT2D eigenvalue weighted by atomic mass is 32.1. The van der Waals surface area contributed by atoms with E-state index >= 15 is 0 Å². The van der Waals surface area contributed by atoms with Gasteiger partial charge in [-0.25, -0.2) is 4.98 Å². The average Bonchev–Trinajstić information content (AvgIpc) is 2.78. The van der Waals surface area contributed by atoms with Crippen molar-refractivity contribution in [2.45, 2.75) is 12.8 Å². The molecule has 1 atom stereocenters. The van der Waals surface area contributed by atoms with Crippen LogP contribution in [0.2, 0.25) is 0 Å². The summed E-state index contributed by atoms with van der Waals surface area (Å²) in [5.74, 6) is 0.584. The monoisotopic (exact) mass is 234 g/mol. The summed E-state index contributed by atoms with van der Waals surface area (Å²) < 4.78 is 0. The van der Waals surface area contributed by atoms with Crippen LogP contribution in [-0.4, -0.2) is 16.6 Å². The van der Waals surface area contributed by atoms with Crippen LogP contribution in [-0.2, 0) is 0 Å². The smallest absolute Gasteiger partial charge is 0.127 e. The van der Waals surface area contributed by atoms with E-state index in [1.165, 1.54) is 0 Å². The molecule has 0 saturated heterocycles. The van der Waals surface area contributed by atoms with Gasteiger partial charge in [-0.15, -0.1) is 11.3 Å². The Balaban J connectivity index is 2.35. The van der Waals surface area contributed by atoms with Crippen molar-refractivity contribution in [3.05, 3.63) is 35.3 Å². The summed E-state index contributed by atoms with van der Waals surface area (Å²) in [7, 11) is 0. The van der Waals surface area contributed by atoms with Gasteiger partial charge in [0.2, 0.25) is 0 Å². The Kier molecular flexibility index (Phi) is 3.22. The molecule has 1 unspecified atom stereocenters. The first-order valence-electron chi connectivity index (χ1n) is 5.16. The maximum atomic E-state index is 9.71. The van der Waals surface area contributed by atoms with Crippen LogP contribution in [0.15, 0.2) is 30.5 Å². The molecule has 0 spiro atoms. The van der Waals surface area contributed by atoms with Crippen molar-refractivity contribution in [3.8, 4) is 16.3 Å². The molecule has 0 saturated carbocycles. The molecule has 1 heterocycles. The van der Waals surface area contributed by atoms with E-state index < -0.39 is 0 Å². The Morgan fingerprint density at radius 1 is 1.44 bits per heavy atom. The molecular formula is C12H14N2OS. The van der Waals surface area contributed by atoms with Gasteiger partial charge in [-0.2, -0.15) is 0 Å². The second-order valence-corrected chi connectivity index (χ2v) is 4.78. The van der Waals surface area contributed by atoms with E-state index in [1.807, 2.05) is 18.3 Å². The summed E-state index contributed by atoms with van der Waals surface area (Å²) in [6.45, 7) is 2.69. The highest BCUT2D eigenvalue weighted by Gasteiger charge is 2.11. The lowest BCUT2D eigenvalue weighted by Gasteiger charge is -2.02. The number of benzene rings is 1. The Hall–Kier alpha value is -1.39. The molecule has 3 N–H and O–H groups in total. The molecule has 2 aromatic rings. The Labute approximate surface area is 98.6 Å². The quantitative estimate of drug-likeness (QED) is 0.858. The number of hydrogen-bond acceptors (Lipinski definition) is 4. The fourth-order valence-electron chi connectivity index (χ4n) is 1.41. The van der Waals surface area contributed by atoms with E-state index in [-0.39, 0.29) is 5.75 Å². The molecule has 4 heteroatoms. The van der Waals surface area contributed by atoms with Crippen LogP contribution >= 0.6 is 11.3 Å². The number of phenols is 1. The minimum Gasteiger partial charge on any atom is -0.507 e. The molecular weight excluding hydrogens is 220 g/mol. The summed E-state index contributed by atoms with van der Waals surface area (Å²) in [5.41, 5.74) is 6.39. The van der Waals surface area contributed by atoms with E-state index in [9.17, 15) is 5.11 Å². The van der Waals surface area contributed by atoms with Gasteiger partial charge in [0, 0.05) is 17.0 Å². The number of phenolic OH excluding ortho intramolecular Hbond substituents is 1. The van der Waals surface area contributed by atoms with Gasteiger partial charge in [0.1, 0.15) is 10.8 Å². The van der Waals surface area contributed by atoms with Crippen molar-refractivity contribution in [2.75, 3.05) is 6.54 Å². The first-order valence-corrected chi connectivity index (χ1v) is 5.98.